The number of hydrogen-bond donors (Lipinski definition) is 1. The van der Waals surface area contributed by atoms with Gasteiger partial charge in [0, 0.05) is 12.1 Å². The highest BCUT2D eigenvalue weighted by Gasteiger charge is 2.45. The van der Waals surface area contributed by atoms with Gasteiger partial charge in [-0.2, -0.15) is 13.2 Å². The number of carbonyl (C=O) groups excluding carboxylic acids is 1. The number of halogens is 3. The minimum Gasteiger partial charge on any atom is -0.399 e. The molecule has 1 aromatic carbocycles. The summed E-state index contributed by atoms with van der Waals surface area (Å²) in [6.45, 7) is 0. The van der Waals surface area contributed by atoms with Gasteiger partial charge >= 0.3 is 6.18 Å². The highest BCUT2D eigenvalue weighted by molar-refractivity contribution is 5.87. The number of anilines is 1. The van der Waals surface area contributed by atoms with E-state index in [0.29, 0.717) is 5.69 Å². The number of hydrogen-bond acceptors (Lipinski definition) is 2. The Morgan fingerprint density at radius 2 is 1.71 bits per heavy atom. The molecule has 1 aromatic rings. The number of alkyl halides is 3. The van der Waals surface area contributed by atoms with E-state index in [4.69, 9.17) is 5.73 Å². The average molecular weight is 299 g/mol. The fourth-order valence-electron chi connectivity index (χ4n) is 3.04. The van der Waals surface area contributed by atoms with Crippen LogP contribution in [-0.2, 0) is 4.79 Å². The summed E-state index contributed by atoms with van der Waals surface area (Å²) in [6.07, 6.45) is 0.324. The SMILES string of the molecule is Nc1ccc(C(C(=O)CC2CCCCC2)C(F)(F)F)cc1. The van der Waals surface area contributed by atoms with Crippen molar-refractivity contribution < 1.29 is 18.0 Å². The third-order valence-corrected chi connectivity index (χ3v) is 4.13. The summed E-state index contributed by atoms with van der Waals surface area (Å²) in [4.78, 5) is 12.2. The molecule has 21 heavy (non-hydrogen) atoms. The van der Waals surface area contributed by atoms with E-state index < -0.39 is 17.9 Å². The number of benzene rings is 1. The van der Waals surface area contributed by atoms with Crippen molar-refractivity contribution in [1.29, 1.82) is 0 Å². The van der Waals surface area contributed by atoms with E-state index in [1.54, 1.807) is 0 Å². The molecule has 0 aliphatic heterocycles. The Labute approximate surface area is 122 Å². The van der Waals surface area contributed by atoms with Gasteiger partial charge in [0.05, 0.1) is 0 Å². The van der Waals surface area contributed by atoms with Crippen molar-refractivity contribution in [2.45, 2.75) is 50.6 Å². The molecule has 0 spiro atoms. The first-order valence-electron chi connectivity index (χ1n) is 7.33. The third kappa shape index (κ3) is 4.22. The molecule has 1 aliphatic rings. The lowest BCUT2D eigenvalue weighted by Gasteiger charge is -2.25. The predicted octanol–water partition coefficient (Wildman–Crippen LogP) is 4.45. The first kappa shape index (κ1) is 15.9. The lowest BCUT2D eigenvalue weighted by atomic mass is 9.82. The molecule has 1 unspecified atom stereocenters. The van der Waals surface area contributed by atoms with Crippen LogP contribution >= 0.6 is 0 Å². The maximum Gasteiger partial charge on any atom is 0.402 e. The van der Waals surface area contributed by atoms with Gasteiger partial charge in [-0.3, -0.25) is 4.79 Å². The predicted molar refractivity (Wildman–Crippen MR) is 75.8 cm³/mol. The van der Waals surface area contributed by atoms with Gasteiger partial charge in [-0.05, 0) is 23.6 Å². The molecule has 5 heteroatoms. The Morgan fingerprint density at radius 3 is 2.24 bits per heavy atom. The van der Waals surface area contributed by atoms with Gasteiger partial charge in [0.1, 0.15) is 11.7 Å². The molecule has 1 atom stereocenters. The Balaban J connectivity index is 2.15. The van der Waals surface area contributed by atoms with Crippen LogP contribution in [0, 0.1) is 5.92 Å². The van der Waals surface area contributed by atoms with E-state index >= 15 is 0 Å². The molecule has 1 fully saturated rings. The van der Waals surface area contributed by atoms with Crippen LogP contribution < -0.4 is 5.73 Å². The van der Waals surface area contributed by atoms with Crippen molar-refractivity contribution in [3.8, 4) is 0 Å². The average Bonchev–Trinajstić information content (AvgIpc) is 2.41. The van der Waals surface area contributed by atoms with Crippen LogP contribution in [0.2, 0.25) is 0 Å². The molecular formula is C16H20F3NO. The zero-order chi connectivity index (χ0) is 15.5. The second-order valence-electron chi connectivity index (χ2n) is 5.82. The molecule has 0 saturated heterocycles. The maximum absolute atomic E-state index is 13.3. The monoisotopic (exact) mass is 299 g/mol. The van der Waals surface area contributed by atoms with Gasteiger partial charge in [-0.15, -0.1) is 0 Å². The van der Waals surface area contributed by atoms with Gasteiger partial charge < -0.3 is 5.73 Å². The number of ketones is 1. The number of Topliss-reactive ketones (excluding diaryl/α,β-unsaturated/α-hetero) is 1. The molecule has 0 amide bonds. The Hall–Kier alpha value is -1.52. The van der Waals surface area contributed by atoms with Crippen LogP contribution in [-0.4, -0.2) is 12.0 Å². The minimum atomic E-state index is -4.55. The highest BCUT2D eigenvalue weighted by atomic mass is 19.4. The summed E-state index contributed by atoms with van der Waals surface area (Å²) < 4.78 is 39.8. The Bertz CT molecular complexity index is 475. The van der Waals surface area contributed by atoms with Crippen LogP contribution in [0.15, 0.2) is 24.3 Å². The van der Waals surface area contributed by atoms with Gasteiger partial charge in [-0.1, -0.05) is 44.2 Å². The first-order chi connectivity index (χ1) is 9.88. The second kappa shape index (κ2) is 6.50. The highest BCUT2D eigenvalue weighted by Crippen LogP contribution is 2.38. The molecule has 0 bridgehead atoms. The van der Waals surface area contributed by atoms with E-state index in [0.717, 1.165) is 32.1 Å². The smallest absolute Gasteiger partial charge is 0.399 e. The van der Waals surface area contributed by atoms with Crippen molar-refractivity contribution >= 4 is 11.5 Å². The molecule has 0 heterocycles. The Morgan fingerprint density at radius 1 is 1.14 bits per heavy atom. The molecule has 2 rings (SSSR count). The standard InChI is InChI=1S/C16H20F3NO/c17-16(18,19)15(12-6-8-13(20)9-7-12)14(21)10-11-4-2-1-3-5-11/h6-9,11,15H,1-5,10,20H2. The van der Waals surface area contributed by atoms with Gasteiger partial charge in [0.25, 0.3) is 0 Å². The zero-order valence-corrected chi connectivity index (χ0v) is 11.8. The molecular weight excluding hydrogens is 279 g/mol. The van der Waals surface area contributed by atoms with E-state index in [2.05, 4.69) is 0 Å². The molecule has 0 radical (unpaired) electrons. The summed E-state index contributed by atoms with van der Waals surface area (Å²) in [6, 6.07) is 5.41. The summed E-state index contributed by atoms with van der Waals surface area (Å²) in [7, 11) is 0. The van der Waals surface area contributed by atoms with Crippen molar-refractivity contribution in [1.82, 2.24) is 0 Å². The van der Waals surface area contributed by atoms with E-state index in [1.165, 1.54) is 24.3 Å². The normalized spacial score (nSPS) is 18.4. The van der Waals surface area contributed by atoms with Crippen molar-refractivity contribution in [3.63, 3.8) is 0 Å². The quantitative estimate of drug-likeness (QED) is 0.834. The summed E-state index contributed by atoms with van der Waals surface area (Å²) in [5, 5.41) is 0. The Kier molecular flexibility index (Phi) is 4.91. The third-order valence-electron chi connectivity index (χ3n) is 4.13. The number of carbonyl (C=O) groups is 1. The fraction of sp³-hybridized carbons (Fsp3) is 0.562. The van der Waals surface area contributed by atoms with Crippen molar-refractivity contribution in [2.24, 2.45) is 5.92 Å². The number of nitrogens with two attached hydrogens (primary N) is 1. The van der Waals surface area contributed by atoms with Gasteiger partial charge in [0.2, 0.25) is 0 Å². The molecule has 116 valence electrons. The van der Waals surface area contributed by atoms with Crippen molar-refractivity contribution in [3.05, 3.63) is 29.8 Å². The van der Waals surface area contributed by atoms with Crippen LogP contribution in [0.5, 0.6) is 0 Å². The lowest BCUT2D eigenvalue weighted by molar-refractivity contribution is -0.164. The van der Waals surface area contributed by atoms with Crippen molar-refractivity contribution in [2.75, 3.05) is 5.73 Å². The second-order valence-corrected chi connectivity index (χ2v) is 5.82. The summed E-state index contributed by atoms with van der Waals surface area (Å²) in [5.41, 5.74) is 5.87. The molecule has 0 aromatic heterocycles. The number of rotatable bonds is 4. The molecule has 1 saturated carbocycles. The topological polar surface area (TPSA) is 43.1 Å². The van der Waals surface area contributed by atoms with Crippen LogP contribution in [0.25, 0.3) is 0 Å². The minimum absolute atomic E-state index is 0.0162. The van der Waals surface area contributed by atoms with Crippen LogP contribution in [0.1, 0.15) is 50.0 Å². The first-order valence-corrected chi connectivity index (χ1v) is 7.33. The maximum atomic E-state index is 13.3. The molecule has 2 N–H and O–H groups in total. The molecule has 2 nitrogen and oxygen atoms in total. The molecule has 1 aliphatic carbocycles. The zero-order valence-electron chi connectivity index (χ0n) is 11.8. The van der Waals surface area contributed by atoms with Gasteiger partial charge in [0.15, 0.2) is 0 Å². The van der Waals surface area contributed by atoms with Gasteiger partial charge in [-0.25, -0.2) is 0 Å². The van der Waals surface area contributed by atoms with E-state index in [1.807, 2.05) is 0 Å². The van der Waals surface area contributed by atoms with E-state index in [9.17, 15) is 18.0 Å². The summed E-state index contributed by atoms with van der Waals surface area (Å²) >= 11 is 0. The number of nitrogen functional groups attached to an aromatic ring is 1. The lowest BCUT2D eigenvalue weighted by Crippen LogP contribution is -2.30. The summed E-state index contributed by atoms with van der Waals surface area (Å²) in [5.74, 6) is -2.65. The largest absolute Gasteiger partial charge is 0.402 e. The van der Waals surface area contributed by atoms with Crippen LogP contribution in [0.4, 0.5) is 18.9 Å². The van der Waals surface area contributed by atoms with Crippen LogP contribution in [0.3, 0.4) is 0 Å². The fourth-order valence-corrected chi connectivity index (χ4v) is 3.04. The van der Waals surface area contributed by atoms with E-state index in [-0.39, 0.29) is 17.9 Å².